The van der Waals surface area contributed by atoms with Crippen molar-refractivity contribution in [1.29, 1.82) is 0 Å². The number of carboxylic acids is 1. The number of aliphatic hydroxyl groups is 2. The van der Waals surface area contributed by atoms with E-state index in [0.29, 0.717) is 17.4 Å². The lowest BCUT2D eigenvalue weighted by Crippen LogP contribution is -2.44. The van der Waals surface area contributed by atoms with Gasteiger partial charge in [0.05, 0.1) is 46.2 Å². The fourth-order valence-corrected chi connectivity index (χ4v) is 3.25. The molecule has 0 aliphatic heterocycles. The van der Waals surface area contributed by atoms with Gasteiger partial charge in [0, 0.05) is 0 Å². The summed E-state index contributed by atoms with van der Waals surface area (Å²) in [6.07, 6.45) is 6.27. The van der Waals surface area contributed by atoms with Gasteiger partial charge in [-0.25, -0.2) is 0 Å². The van der Waals surface area contributed by atoms with Crippen LogP contribution in [0, 0.1) is 0 Å². The summed E-state index contributed by atoms with van der Waals surface area (Å²) in [7, 11) is 5.71. The van der Waals surface area contributed by atoms with Crippen LogP contribution in [0.15, 0.2) is 0 Å². The van der Waals surface area contributed by atoms with Crippen LogP contribution in [0.3, 0.4) is 0 Å². The van der Waals surface area contributed by atoms with E-state index in [0.717, 1.165) is 51.4 Å². The maximum absolute atomic E-state index is 12.0. The van der Waals surface area contributed by atoms with Gasteiger partial charge in [-0.05, 0) is 19.3 Å². The molecule has 0 saturated carbocycles. The molecule has 0 heterocycles. The summed E-state index contributed by atoms with van der Waals surface area (Å²) in [5, 5.41) is 28.7. The number of aliphatic carboxylic acids is 1. The van der Waals surface area contributed by atoms with Crippen LogP contribution in [0.4, 0.5) is 0 Å². The molecule has 7 heteroatoms. The highest BCUT2D eigenvalue weighted by Gasteiger charge is 2.25. The molecule has 0 spiro atoms. The summed E-state index contributed by atoms with van der Waals surface area (Å²) >= 11 is 0. The molecule has 0 amide bonds. The predicted molar refractivity (Wildman–Crippen MR) is 109 cm³/mol. The number of likely N-dealkylation sites (N-methyl/N-ethyl adjacent to an activating group) is 1. The molecule has 0 saturated heterocycles. The van der Waals surface area contributed by atoms with Gasteiger partial charge in [0.15, 0.2) is 6.10 Å². The highest BCUT2D eigenvalue weighted by Crippen LogP contribution is 2.14. The van der Waals surface area contributed by atoms with Crippen LogP contribution in [0.2, 0.25) is 0 Å². The van der Waals surface area contributed by atoms with E-state index in [2.05, 4.69) is 6.92 Å². The van der Waals surface area contributed by atoms with Gasteiger partial charge in [0.1, 0.15) is 6.54 Å². The zero-order valence-electron chi connectivity index (χ0n) is 18.2. The Morgan fingerprint density at radius 1 is 0.857 bits per heavy atom. The third-order valence-electron chi connectivity index (χ3n) is 4.55. The number of quaternary nitrogens is 1. The van der Waals surface area contributed by atoms with E-state index in [1.54, 1.807) is 0 Å². The lowest BCUT2D eigenvalue weighted by Gasteiger charge is -2.28. The molecule has 3 atom stereocenters. The van der Waals surface area contributed by atoms with Gasteiger partial charge in [-0.2, -0.15) is 0 Å². The summed E-state index contributed by atoms with van der Waals surface area (Å²) in [6.45, 7) is 2.47. The number of unbranched alkanes of at least 4 members (excludes halogenated alkanes) is 4. The van der Waals surface area contributed by atoms with Crippen molar-refractivity contribution in [1.82, 2.24) is 0 Å². The van der Waals surface area contributed by atoms with Crippen molar-refractivity contribution in [2.75, 3.05) is 27.7 Å². The predicted octanol–water partition coefficient (Wildman–Crippen LogP) is 2.72. The summed E-state index contributed by atoms with van der Waals surface area (Å²) in [5.74, 6) is -1.55. The molecule has 0 aromatic heterocycles. The van der Waals surface area contributed by atoms with Crippen LogP contribution in [-0.4, -0.2) is 77.7 Å². The number of hydrogen-bond acceptors (Lipinski definition) is 5. The fraction of sp³-hybridized carbons (Fsp3) is 0.905. The molecule has 7 nitrogen and oxygen atoms in total. The van der Waals surface area contributed by atoms with Crippen molar-refractivity contribution in [3.63, 3.8) is 0 Å². The number of carbonyl (C=O) groups excluding carboxylic acids is 1. The van der Waals surface area contributed by atoms with Crippen LogP contribution in [-0.2, 0) is 14.3 Å². The Hall–Kier alpha value is -1.18. The SMILES string of the molecule is CCCC(O)CCCCCCCC(O)CC(=O)OC(CC(=O)O)C[N+](C)(C)C. The van der Waals surface area contributed by atoms with Crippen LogP contribution >= 0.6 is 0 Å². The smallest absolute Gasteiger partial charge is 0.308 e. The van der Waals surface area contributed by atoms with Crippen LogP contribution in [0.5, 0.6) is 0 Å². The van der Waals surface area contributed by atoms with Gasteiger partial charge in [-0.15, -0.1) is 0 Å². The molecule has 0 bridgehead atoms. The first kappa shape index (κ1) is 26.8. The van der Waals surface area contributed by atoms with E-state index in [9.17, 15) is 19.8 Å². The van der Waals surface area contributed by atoms with Crippen molar-refractivity contribution in [2.24, 2.45) is 0 Å². The molecule has 28 heavy (non-hydrogen) atoms. The monoisotopic (exact) mass is 404 g/mol. The van der Waals surface area contributed by atoms with Crippen LogP contribution in [0.25, 0.3) is 0 Å². The molecule has 0 aliphatic rings. The molecule has 0 aromatic rings. The highest BCUT2D eigenvalue weighted by atomic mass is 16.5. The Kier molecular flexibility index (Phi) is 14.1. The average molecular weight is 405 g/mol. The molecule has 0 rings (SSSR count). The van der Waals surface area contributed by atoms with Gasteiger partial charge < -0.3 is 24.5 Å². The normalized spacial score (nSPS) is 15.1. The molecule has 0 radical (unpaired) electrons. The zero-order valence-corrected chi connectivity index (χ0v) is 18.2. The second-order valence-electron chi connectivity index (χ2n) is 8.83. The first-order chi connectivity index (χ1) is 13.0. The van der Waals surface area contributed by atoms with Crippen LogP contribution in [0.1, 0.15) is 77.6 Å². The number of carbonyl (C=O) groups is 2. The number of ether oxygens (including phenoxy) is 1. The molecular formula is C21H42NO6+. The third kappa shape index (κ3) is 17.0. The molecule has 3 N–H and O–H groups in total. The fourth-order valence-electron chi connectivity index (χ4n) is 3.25. The van der Waals surface area contributed by atoms with Crippen molar-refractivity contribution >= 4 is 11.9 Å². The Labute approximate surface area is 170 Å². The lowest BCUT2D eigenvalue weighted by atomic mass is 10.0. The summed E-state index contributed by atoms with van der Waals surface area (Å²) < 4.78 is 5.78. The summed E-state index contributed by atoms with van der Waals surface area (Å²) in [4.78, 5) is 23.0. The van der Waals surface area contributed by atoms with E-state index in [1.807, 2.05) is 21.1 Å². The second kappa shape index (κ2) is 14.8. The van der Waals surface area contributed by atoms with E-state index < -0.39 is 24.1 Å². The largest absolute Gasteiger partial charge is 0.481 e. The standard InChI is InChI=1S/C21H41NO6/c1-5-11-17(23)12-9-7-6-8-10-13-18(24)14-21(27)28-19(15-20(25)26)16-22(2,3)4/h17-19,23-24H,5-16H2,1-4H3/p+1. The Morgan fingerprint density at radius 2 is 1.39 bits per heavy atom. The number of hydrogen-bond donors (Lipinski definition) is 3. The van der Waals surface area contributed by atoms with E-state index in [1.165, 1.54) is 0 Å². The lowest BCUT2D eigenvalue weighted by molar-refractivity contribution is -0.873. The van der Waals surface area contributed by atoms with E-state index in [4.69, 9.17) is 9.84 Å². The third-order valence-corrected chi connectivity index (χ3v) is 4.55. The Balaban J connectivity index is 3.96. The van der Waals surface area contributed by atoms with Gasteiger partial charge in [-0.1, -0.05) is 45.4 Å². The molecular weight excluding hydrogens is 362 g/mol. The Morgan fingerprint density at radius 3 is 1.89 bits per heavy atom. The maximum Gasteiger partial charge on any atom is 0.308 e. The quantitative estimate of drug-likeness (QED) is 0.196. The Bertz CT molecular complexity index is 435. The highest BCUT2D eigenvalue weighted by molar-refractivity contribution is 5.71. The number of esters is 1. The van der Waals surface area contributed by atoms with Gasteiger partial charge >= 0.3 is 11.9 Å². The van der Waals surface area contributed by atoms with Crippen molar-refractivity contribution in [2.45, 2.75) is 95.9 Å². The summed E-state index contributed by atoms with van der Waals surface area (Å²) in [6, 6.07) is 0. The maximum atomic E-state index is 12.0. The van der Waals surface area contributed by atoms with Gasteiger partial charge in [0.25, 0.3) is 0 Å². The average Bonchev–Trinajstić information content (AvgIpc) is 2.51. The van der Waals surface area contributed by atoms with Gasteiger partial charge in [-0.3, -0.25) is 9.59 Å². The number of aliphatic hydroxyl groups excluding tert-OH is 2. The van der Waals surface area contributed by atoms with Crippen molar-refractivity contribution in [3.05, 3.63) is 0 Å². The number of nitrogens with zero attached hydrogens (tertiary/aromatic N) is 1. The van der Waals surface area contributed by atoms with Crippen molar-refractivity contribution in [3.8, 4) is 0 Å². The van der Waals surface area contributed by atoms with E-state index >= 15 is 0 Å². The summed E-state index contributed by atoms with van der Waals surface area (Å²) in [5.41, 5.74) is 0. The molecule has 0 aromatic carbocycles. The first-order valence-corrected chi connectivity index (χ1v) is 10.6. The molecule has 0 fully saturated rings. The number of rotatable bonds is 17. The molecule has 0 aliphatic carbocycles. The minimum absolute atomic E-state index is 0.101. The minimum Gasteiger partial charge on any atom is -0.481 e. The van der Waals surface area contributed by atoms with Gasteiger partial charge in [0.2, 0.25) is 0 Å². The van der Waals surface area contributed by atoms with Crippen molar-refractivity contribution < 1.29 is 34.1 Å². The topological polar surface area (TPSA) is 104 Å². The first-order valence-electron chi connectivity index (χ1n) is 10.6. The second-order valence-corrected chi connectivity index (χ2v) is 8.83. The van der Waals surface area contributed by atoms with E-state index in [-0.39, 0.29) is 18.9 Å². The minimum atomic E-state index is -1.01. The molecule has 166 valence electrons. The number of carboxylic acid groups (broad SMARTS) is 1. The van der Waals surface area contributed by atoms with Crippen LogP contribution < -0.4 is 0 Å². The molecule has 3 unspecified atom stereocenters. The zero-order chi connectivity index (χ0) is 21.6.